The molecule has 1 amide bonds. The number of aliphatic carboxylic acids is 1. The maximum atomic E-state index is 12.0. The van der Waals surface area contributed by atoms with E-state index in [1.54, 1.807) is 0 Å². The van der Waals surface area contributed by atoms with Crippen LogP contribution in [0.2, 0.25) is 0 Å². The van der Waals surface area contributed by atoms with Crippen molar-refractivity contribution in [2.75, 3.05) is 18.1 Å². The lowest BCUT2D eigenvalue weighted by atomic mass is 10.1. The lowest BCUT2D eigenvalue weighted by molar-refractivity contribution is -0.138. The highest BCUT2D eigenvalue weighted by Crippen LogP contribution is 2.31. The monoisotopic (exact) mass is 327 g/mol. The van der Waals surface area contributed by atoms with Crippen molar-refractivity contribution in [2.24, 2.45) is 0 Å². The molecule has 1 N–H and O–H groups in total. The van der Waals surface area contributed by atoms with Gasteiger partial charge in [0.1, 0.15) is 6.61 Å². The van der Waals surface area contributed by atoms with Crippen LogP contribution in [-0.4, -0.2) is 36.2 Å². The van der Waals surface area contributed by atoms with Gasteiger partial charge in [0.2, 0.25) is 0 Å². The van der Waals surface area contributed by atoms with Crippen molar-refractivity contribution >= 4 is 33.5 Å². The summed E-state index contributed by atoms with van der Waals surface area (Å²) >= 11 is 3.42. The third-order valence-electron chi connectivity index (χ3n) is 2.94. The van der Waals surface area contributed by atoms with E-state index in [1.807, 2.05) is 25.1 Å². The Hall–Kier alpha value is -1.40. The summed E-state index contributed by atoms with van der Waals surface area (Å²) in [5.41, 5.74) is 1.75. The Balaban J connectivity index is 2.35. The molecule has 1 aliphatic rings. The zero-order valence-electron chi connectivity index (χ0n) is 10.4. The Morgan fingerprint density at radius 2 is 2.32 bits per heavy atom. The number of amides is 1. The highest BCUT2D eigenvalue weighted by molar-refractivity contribution is 9.10. The van der Waals surface area contributed by atoms with Crippen molar-refractivity contribution < 1.29 is 19.4 Å². The molecular formula is C13H14BrNO4. The van der Waals surface area contributed by atoms with E-state index in [0.717, 1.165) is 10.0 Å². The molecule has 102 valence electrons. The predicted molar refractivity (Wildman–Crippen MR) is 73.2 cm³/mol. The van der Waals surface area contributed by atoms with Gasteiger partial charge in [-0.2, -0.15) is 0 Å². The summed E-state index contributed by atoms with van der Waals surface area (Å²) in [6, 6.07) is 5.13. The number of benzene rings is 1. The number of morpholine rings is 1. The highest BCUT2D eigenvalue weighted by atomic mass is 79.9. The predicted octanol–water partition coefficient (Wildman–Crippen LogP) is 1.96. The van der Waals surface area contributed by atoms with Gasteiger partial charge in [0, 0.05) is 4.47 Å². The molecule has 19 heavy (non-hydrogen) atoms. The van der Waals surface area contributed by atoms with Gasteiger partial charge in [-0.1, -0.05) is 6.07 Å². The van der Waals surface area contributed by atoms with Crippen molar-refractivity contribution in [1.29, 1.82) is 0 Å². The molecule has 0 aromatic heterocycles. The number of nitrogens with zero attached hydrogens (tertiary/aromatic N) is 1. The summed E-state index contributed by atoms with van der Waals surface area (Å²) in [6.45, 7) is 2.17. The Morgan fingerprint density at radius 1 is 1.58 bits per heavy atom. The van der Waals surface area contributed by atoms with E-state index in [9.17, 15) is 9.59 Å². The van der Waals surface area contributed by atoms with Gasteiger partial charge in [-0.25, -0.2) is 0 Å². The number of hydrogen-bond donors (Lipinski definition) is 1. The van der Waals surface area contributed by atoms with Gasteiger partial charge >= 0.3 is 5.97 Å². The Labute approximate surface area is 119 Å². The fraction of sp³-hybridized carbons (Fsp3) is 0.385. The summed E-state index contributed by atoms with van der Waals surface area (Å²) < 4.78 is 5.92. The largest absolute Gasteiger partial charge is 0.481 e. The number of ether oxygens (including phenoxy) is 1. The molecule has 2 rings (SSSR count). The summed E-state index contributed by atoms with van der Waals surface area (Å²) in [7, 11) is 0. The molecule has 0 spiro atoms. The number of carbonyl (C=O) groups excluding carboxylic acids is 1. The molecule has 1 aromatic carbocycles. The van der Waals surface area contributed by atoms with Crippen LogP contribution in [0.1, 0.15) is 12.0 Å². The van der Waals surface area contributed by atoms with E-state index in [0.29, 0.717) is 5.69 Å². The van der Waals surface area contributed by atoms with Crippen molar-refractivity contribution in [1.82, 2.24) is 0 Å². The van der Waals surface area contributed by atoms with Crippen molar-refractivity contribution in [3.63, 3.8) is 0 Å². The van der Waals surface area contributed by atoms with Crippen molar-refractivity contribution in [3.8, 4) is 0 Å². The van der Waals surface area contributed by atoms with E-state index in [1.165, 1.54) is 4.90 Å². The number of halogens is 1. The first kappa shape index (κ1) is 14.0. The minimum absolute atomic E-state index is 0.0174. The van der Waals surface area contributed by atoms with E-state index in [2.05, 4.69) is 15.9 Å². The van der Waals surface area contributed by atoms with Crippen LogP contribution in [0, 0.1) is 6.92 Å². The number of carboxylic acid groups (broad SMARTS) is 1. The minimum Gasteiger partial charge on any atom is -0.481 e. The van der Waals surface area contributed by atoms with Gasteiger partial charge in [-0.15, -0.1) is 0 Å². The lowest BCUT2D eigenvalue weighted by Crippen LogP contribution is -2.50. The molecule has 6 heteroatoms. The number of aryl methyl sites for hydroxylation is 1. The van der Waals surface area contributed by atoms with Gasteiger partial charge in [-0.05, 0) is 40.5 Å². The molecule has 1 heterocycles. The molecule has 1 aromatic rings. The standard InChI is InChI=1S/C13H14BrNO4/c1-8-2-3-11(10(14)4-8)15-9(5-13(17)18)6-19-7-12(15)16/h2-4,9H,5-7H2,1H3,(H,17,18). The first-order valence-corrected chi connectivity index (χ1v) is 6.66. The topological polar surface area (TPSA) is 66.8 Å². The molecule has 1 aliphatic heterocycles. The van der Waals surface area contributed by atoms with Gasteiger partial charge < -0.3 is 14.7 Å². The molecule has 0 bridgehead atoms. The Bertz CT molecular complexity index is 517. The van der Waals surface area contributed by atoms with Gasteiger partial charge in [-0.3, -0.25) is 9.59 Å². The molecule has 1 saturated heterocycles. The third-order valence-corrected chi connectivity index (χ3v) is 3.58. The smallest absolute Gasteiger partial charge is 0.305 e. The van der Waals surface area contributed by atoms with Crippen LogP contribution in [0.25, 0.3) is 0 Å². The quantitative estimate of drug-likeness (QED) is 0.921. The molecule has 1 atom stereocenters. The second kappa shape index (κ2) is 5.71. The number of hydrogen-bond acceptors (Lipinski definition) is 3. The molecular weight excluding hydrogens is 314 g/mol. The van der Waals surface area contributed by atoms with Crippen molar-refractivity contribution in [3.05, 3.63) is 28.2 Å². The maximum absolute atomic E-state index is 12.0. The van der Waals surface area contributed by atoms with E-state index in [-0.39, 0.29) is 25.5 Å². The van der Waals surface area contributed by atoms with Crippen LogP contribution in [0.5, 0.6) is 0 Å². The molecule has 0 aliphatic carbocycles. The van der Waals surface area contributed by atoms with Crippen molar-refractivity contribution in [2.45, 2.75) is 19.4 Å². The van der Waals surface area contributed by atoms with Gasteiger partial charge in [0.15, 0.2) is 0 Å². The summed E-state index contributed by atoms with van der Waals surface area (Å²) in [4.78, 5) is 24.4. The Kier molecular flexibility index (Phi) is 4.21. The summed E-state index contributed by atoms with van der Waals surface area (Å²) in [5.74, 6) is -1.17. The number of carboxylic acids is 1. The first-order chi connectivity index (χ1) is 8.99. The third kappa shape index (κ3) is 3.13. The average Bonchev–Trinajstić information content (AvgIpc) is 2.30. The fourth-order valence-electron chi connectivity index (χ4n) is 2.12. The van der Waals surface area contributed by atoms with E-state index < -0.39 is 12.0 Å². The molecule has 0 saturated carbocycles. The van der Waals surface area contributed by atoms with Gasteiger partial charge in [0.05, 0.1) is 24.8 Å². The van der Waals surface area contributed by atoms with Crippen LogP contribution < -0.4 is 4.90 Å². The maximum Gasteiger partial charge on any atom is 0.305 e. The highest BCUT2D eigenvalue weighted by Gasteiger charge is 2.32. The first-order valence-electron chi connectivity index (χ1n) is 5.87. The van der Waals surface area contributed by atoms with Crippen LogP contribution in [0.15, 0.2) is 22.7 Å². The lowest BCUT2D eigenvalue weighted by Gasteiger charge is -2.35. The normalized spacial score (nSPS) is 19.6. The van der Waals surface area contributed by atoms with Crippen LogP contribution in [0.3, 0.4) is 0 Å². The SMILES string of the molecule is Cc1ccc(N2C(=O)COCC2CC(=O)O)c(Br)c1. The Morgan fingerprint density at radius 3 is 2.95 bits per heavy atom. The number of carbonyl (C=O) groups is 2. The van der Waals surface area contributed by atoms with Gasteiger partial charge in [0.25, 0.3) is 5.91 Å². The molecule has 1 fully saturated rings. The average molecular weight is 328 g/mol. The molecule has 1 unspecified atom stereocenters. The van der Waals surface area contributed by atoms with E-state index in [4.69, 9.17) is 9.84 Å². The zero-order chi connectivity index (χ0) is 14.0. The molecule has 0 radical (unpaired) electrons. The second-order valence-electron chi connectivity index (χ2n) is 4.49. The van der Waals surface area contributed by atoms with Crippen LogP contribution in [0.4, 0.5) is 5.69 Å². The number of anilines is 1. The van der Waals surface area contributed by atoms with E-state index >= 15 is 0 Å². The molecule has 5 nitrogen and oxygen atoms in total. The number of rotatable bonds is 3. The summed E-state index contributed by atoms with van der Waals surface area (Å²) in [6.07, 6.45) is -0.133. The minimum atomic E-state index is -0.948. The fourth-order valence-corrected chi connectivity index (χ4v) is 2.80. The second-order valence-corrected chi connectivity index (χ2v) is 5.34. The summed E-state index contributed by atoms with van der Waals surface area (Å²) in [5, 5.41) is 8.92. The zero-order valence-corrected chi connectivity index (χ0v) is 12.0. The van der Waals surface area contributed by atoms with Crippen LogP contribution in [-0.2, 0) is 14.3 Å². The van der Waals surface area contributed by atoms with Crippen LogP contribution >= 0.6 is 15.9 Å².